The minimum Gasteiger partial charge on any atom is -0.419 e. The molecule has 3 rings (SSSR count). The smallest absolute Gasteiger partial charge is 0.247 e. The van der Waals surface area contributed by atoms with Crippen LogP contribution in [0.3, 0.4) is 0 Å². The number of likely N-dealkylation sites (tertiary alicyclic amines) is 1. The summed E-state index contributed by atoms with van der Waals surface area (Å²) in [4.78, 5) is 2.25. The first-order valence-electron chi connectivity index (χ1n) is 7.41. The number of aryl methyl sites for hydroxylation is 1. The Labute approximate surface area is 124 Å². The van der Waals surface area contributed by atoms with Gasteiger partial charge in [0, 0.05) is 18.7 Å². The molecule has 0 aliphatic carbocycles. The average molecular weight is 287 g/mol. The topological polar surface area (TPSA) is 62.4 Å². The Balaban J connectivity index is 1.66. The van der Waals surface area contributed by atoms with Crippen molar-refractivity contribution in [2.45, 2.75) is 32.9 Å². The first-order valence-corrected chi connectivity index (χ1v) is 7.41. The van der Waals surface area contributed by atoms with Gasteiger partial charge in [0.1, 0.15) is 0 Å². The van der Waals surface area contributed by atoms with Gasteiger partial charge in [0.2, 0.25) is 11.8 Å². The van der Waals surface area contributed by atoms with Gasteiger partial charge in [-0.05, 0) is 31.4 Å². The second kappa shape index (κ2) is 5.95. The van der Waals surface area contributed by atoms with Crippen molar-refractivity contribution in [1.82, 2.24) is 15.1 Å². The zero-order chi connectivity index (χ0) is 14.8. The van der Waals surface area contributed by atoms with Crippen LogP contribution in [0.2, 0.25) is 0 Å². The molecule has 1 saturated heterocycles. The molecule has 1 aromatic carbocycles. The van der Waals surface area contributed by atoms with Gasteiger partial charge < -0.3 is 9.52 Å². The third-order valence-electron chi connectivity index (χ3n) is 4.07. The number of aliphatic hydroxyl groups is 1. The predicted octanol–water partition coefficient (Wildman–Crippen LogP) is 2.25. The Morgan fingerprint density at radius 3 is 2.76 bits per heavy atom. The fourth-order valence-corrected chi connectivity index (χ4v) is 2.68. The molecule has 0 bridgehead atoms. The molecule has 1 aromatic heterocycles. The Morgan fingerprint density at radius 2 is 2.05 bits per heavy atom. The first-order chi connectivity index (χ1) is 10.1. The number of aliphatic hydroxyl groups excluding tert-OH is 1. The average Bonchev–Trinajstić information content (AvgIpc) is 2.92. The molecule has 5 heteroatoms. The van der Waals surface area contributed by atoms with Crippen molar-refractivity contribution in [3.8, 4) is 11.5 Å². The standard InChI is InChI=1S/C16H21N3O2/c1-11-3-5-13(6-4-11)16-18-17-15(21-16)10-19-8-7-14(20)12(2)9-19/h3-6,12,14,20H,7-10H2,1-2H3. The van der Waals surface area contributed by atoms with E-state index in [9.17, 15) is 5.11 Å². The van der Waals surface area contributed by atoms with Crippen molar-refractivity contribution in [3.63, 3.8) is 0 Å². The highest BCUT2D eigenvalue weighted by atomic mass is 16.4. The summed E-state index contributed by atoms with van der Waals surface area (Å²) in [6.07, 6.45) is 0.618. The Morgan fingerprint density at radius 1 is 1.29 bits per heavy atom. The van der Waals surface area contributed by atoms with Gasteiger partial charge in [0.05, 0.1) is 12.6 Å². The van der Waals surface area contributed by atoms with Crippen LogP contribution in [0.4, 0.5) is 0 Å². The maximum atomic E-state index is 9.76. The van der Waals surface area contributed by atoms with Gasteiger partial charge in [-0.15, -0.1) is 10.2 Å². The molecule has 1 aliphatic rings. The van der Waals surface area contributed by atoms with E-state index < -0.39 is 0 Å². The van der Waals surface area contributed by atoms with Gasteiger partial charge in [-0.1, -0.05) is 24.6 Å². The van der Waals surface area contributed by atoms with E-state index in [0.29, 0.717) is 24.2 Å². The number of rotatable bonds is 3. The summed E-state index contributed by atoms with van der Waals surface area (Å²) in [5.74, 6) is 1.49. The summed E-state index contributed by atoms with van der Waals surface area (Å²) in [6, 6.07) is 8.05. The molecule has 0 radical (unpaired) electrons. The molecule has 2 heterocycles. The molecule has 1 aliphatic heterocycles. The van der Waals surface area contributed by atoms with E-state index in [1.54, 1.807) is 0 Å². The van der Waals surface area contributed by atoms with E-state index in [1.165, 1.54) is 5.56 Å². The third kappa shape index (κ3) is 3.31. The van der Waals surface area contributed by atoms with Crippen LogP contribution in [0.15, 0.2) is 28.7 Å². The summed E-state index contributed by atoms with van der Waals surface area (Å²) in [6.45, 7) is 6.50. The lowest BCUT2D eigenvalue weighted by molar-refractivity contribution is 0.0290. The highest BCUT2D eigenvalue weighted by Crippen LogP contribution is 2.21. The number of hydrogen-bond acceptors (Lipinski definition) is 5. The molecule has 2 atom stereocenters. The van der Waals surface area contributed by atoms with Gasteiger partial charge in [0.15, 0.2) is 0 Å². The van der Waals surface area contributed by atoms with E-state index in [4.69, 9.17) is 4.42 Å². The van der Waals surface area contributed by atoms with E-state index in [0.717, 1.165) is 25.1 Å². The number of piperidine rings is 1. The van der Waals surface area contributed by atoms with Gasteiger partial charge in [-0.3, -0.25) is 4.90 Å². The molecule has 2 unspecified atom stereocenters. The van der Waals surface area contributed by atoms with Crippen LogP contribution >= 0.6 is 0 Å². The SMILES string of the molecule is Cc1ccc(-c2nnc(CN3CCC(O)C(C)C3)o2)cc1. The zero-order valence-corrected chi connectivity index (χ0v) is 12.5. The van der Waals surface area contributed by atoms with Gasteiger partial charge >= 0.3 is 0 Å². The largest absolute Gasteiger partial charge is 0.419 e. The first kappa shape index (κ1) is 14.2. The van der Waals surface area contributed by atoms with Gasteiger partial charge in [-0.2, -0.15) is 0 Å². The summed E-state index contributed by atoms with van der Waals surface area (Å²) in [5, 5.41) is 18.0. The lowest BCUT2D eigenvalue weighted by atomic mass is 9.97. The quantitative estimate of drug-likeness (QED) is 0.938. The Kier molecular flexibility index (Phi) is 4.03. The molecule has 0 amide bonds. The van der Waals surface area contributed by atoms with Crippen molar-refractivity contribution in [2.75, 3.05) is 13.1 Å². The molecule has 0 saturated carbocycles. The molecular weight excluding hydrogens is 266 g/mol. The summed E-state index contributed by atoms with van der Waals surface area (Å²) in [5.41, 5.74) is 2.15. The maximum Gasteiger partial charge on any atom is 0.247 e. The van der Waals surface area contributed by atoms with Crippen molar-refractivity contribution in [1.29, 1.82) is 0 Å². The molecule has 5 nitrogen and oxygen atoms in total. The fraction of sp³-hybridized carbons (Fsp3) is 0.500. The third-order valence-corrected chi connectivity index (χ3v) is 4.07. The number of hydrogen-bond donors (Lipinski definition) is 1. The second-order valence-corrected chi connectivity index (χ2v) is 5.94. The molecule has 1 fully saturated rings. The van der Waals surface area contributed by atoms with E-state index in [-0.39, 0.29) is 6.10 Å². The van der Waals surface area contributed by atoms with Crippen LogP contribution in [0.1, 0.15) is 24.8 Å². The highest BCUT2D eigenvalue weighted by molar-refractivity contribution is 5.52. The lowest BCUT2D eigenvalue weighted by Crippen LogP contribution is -2.41. The normalized spacial score (nSPS) is 23.4. The lowest BCUT2D eigenvalue weighted by Gasteiger charge is -2.33. The van der Waals surface area contributed by atoms with Crippen LogP contribution in [0, 0.1) is 12.8 Å². The molecule has 21 heavy (non-hydrogen) atoms. The van der Waals surface area contributed by atoms with E-state index in [2.05, 4.69) is 28.9 Å². The summed E-state index contributed by atoms with van der Waals surface area (Å²) < 4.78 is 5.75. The number of aromatic nitrogens is 2. The maximum absolute atomic E-state index is 9.76. The number of nitrogens with zero attached hydrogens (tertiary/aromatic N) is 3. The van der Waals surface area contributed by atoms with Crippen molar-refractivity contribution >= 4 is 0 Å². The van der Waals surface area contributed by atoms with Gasteiger partial charge in [-0.25, -0.2) is 0 Å². The van der Waals surface area contributed by atoms with Crippen molar-refractivity contribution in [2.24, 2.45) is 5.92 Å². The number of benzene rings is 1. The molecule has 0 spiro atoms. The van der Waals surface area contributed by atoms with Crippen molar-refractivity contribution < 1.29 is 9.52 Å². The second-order valence-electron chi connectivity index (χ2n) is 5.94. The van der Waals surface area contributed by atoms with Crippen LogP contribution in [0.25, 0.3) is 11.5 Å². The summed E-state index contributed by atoms with van der Waals surface area (Å²) >= 11 is 0. The molecular formula is C16H21N3O2. The van der Waals surface area contributed by atoms with Crippen LogP contribution in [-0.4, -0.2) is 39.4 Å². The highest BCUT2D eigenvalue weighted by Gasteiger charge is 2.25. The monoisotopic (exact) mass is 287 g/mol. The minimum atomic E-state index is -0.188. The predicted molar refractivity (Wildman–Crippen MR) is 79.5 cm³/mol. The van der Waals surface area contributed by atoms with Gasteiger partial charge in [0.25, 0.3) is 0 Å². The summed E-state index contributed by atoms with van der Waals surface area (Å²) in [7, 11) is 0. The van der Waals surface area contributed by atoms with E-state index >= 15 is 0 Å². The Bertz CT molecular complexity index is 594. The van der Waals surface area contributed by atoms with Crippen LogP contribution in [0.5, 0.6) is 0 Å². The van der Waals surface area contributed by atoms with Crippen LogP contribution in [-0.2, 0) is 6.54 Å². The zero-order valence-electron chi connectivity index (χ0n) is 12.5. The Hall–Kier alpha value is -1.72. The molecule has 1 N–H and O–H groups in total. The fourth-order valence-electron chi connectivity index (χ4n) is 2.68. The van der Waals surface area contributed by atoms with E-state index in [1.807, 2.05) is 24.3 Å². The molecule has 2 aromatic rings. The van der Waals surface area contributed by atoms with Crippen LogP contribution < -0.4 is 0 Å². The minimum absolute atomic E-state index is 0.188. The molecule has 112 valence electrons. The van der Waals surface area contributed by atoms with Crippen molar-refractivity contribution in [3.05, 3.63) is 35.7 Å².